The average Bonchev–Trinajstić information content (AvgIpc) is 3.56. The number of anilines is 1. The van der Waals surface area contributed by atoms with Crippen LogP contribution in [0.1, 0.15) is 63.6 Å². The molecular formula is C26H33N5O2S. The number of nitrogens with one attached hydrogen (secondary N) is 1. The number of aromatic nitrogens is 3. The van der Waals surface area contributed by atoms with Crippen molar-refractivity contribution in [3.8, 4) is 0 Å². The van der Waals surface area contributed by atoms with Crippen molar-refractivity contribution < 1.29 is 9.53 Å². The molecule has 1 N–H and O–H groups in total. The molecule has 1 unspecified atom stereocenters. The standard InChI is InChI=1S/C26H33N5O2S/c1-26(2,3)33-25(32)30(17-18-8-5-4-6-9-18)21-14-23(34-20-10-7-13-27-15-20)29-31-22(19-11-12-19)16-28-24(21)31/h4-6,8-9,14,16,19-20,27H,7,10-13,15,17H2,1-3H3. The fourth-order valence-electron chi connectivity index (χ4n) is 4.28. The molecule has 2 aliphatic rings. The van der Waals surface area contributed by atoms with Gasteiger partial charge < -0.3 is 10.1 Å². The molecule has 0 radical (unpaired) electrons. The van der Waals surface area contributed by atoms with Gasteiger partial charge in [0.15, 0.2) is 5.65 Å². The Kier molecular flexibility index (Phi) is 6.53. The van der Waals surface area contributed by atoms with Gasteiger partial charge in [0.25, 0.3) is 0 Å². The van der Waals surface area contributed by atoms with E-state index in [9.17, 15) is 4.79 Å². The van der Waals surface area contributed by atoms with E-state index < -0.39 is 5.60 Å². The maximum absolute atomic E-state index is 13.5. The first-order chi connectivity index (χ1) is 16.4. The number of nitrogens with zero attached hydrogens (tertiary/aromatic N) is 4. The van der Waals surface area contributed by atoms with Crippen molar-refractivity contribution in [3.05, 3.63) is 53.9 Å². The summed E-state index contributed by atoms with van der Waals surface area (Å²) in [7, 11) is 0. The highest BCUT2D eigenvalue weighted by molar-refractivity contribution is 7.99. The van der Waals surface area contributed by atoms with E-state index in [1.807, 2.05) is 67.9 Å². The third kappa shape index (κ3) is 5.39. The van der Waals surface area contributed by atoms with Crippen LogP contribution >= 0.6 is 11.8 Å². The quantitative estimate of drug-likeness (QED) is 0.511. The lowest BCUT2D eigenvalue weighted by molar-refractivity contribution is 0.0577. The van der Waals surface area contributed by atoms with E-state index in [1.165, 1.54) is 6.42 Å². The Hall–Kier alpha value is -2.58. The highest BCUT2D eigenvalue weighted by Gasteiger charge is 2.31. The first-order valence-electron chi connectivity index (χ1n) is 12.2. The molecule has 2 aromatic heterocycles. The Balaban J connectivity index is 1.58. The Bertz CT molecular complexity index is 1150. The molecule has 1 saturated heterocycles. The molecule has 1 aliphatic heterocycles. The number of imidazole rings is 1. The zero-order chi connectivity index (χ0) is 23.7. The molecule has 1 aliphatic carbocycles. The van der Waals surface area contributed by atoms with Crippen LogP contribution < -0.4 is 10.2 Å². The Morgan fingerprint density at radius 1 is 1.24 bits per heavy atom. The summed E-state index contributed by atoms with van der Waals surface area (Å²) >= 11 is 1.79. The molecule has 0 bridgehead atoms. The number of hydrogen-bond donors (Lipinski definition) is 1. The number of hydrogen-bond acceptors (Lipinski definition) is 6. The minimum Gasteiger partial charge on any atom is -0.443 e. The van der Waals surface area contributed by atoms with Crippen molar-refractivity contribution in [2.24, 2.45) is 0 Å². The molecule has 180 valence electrons. The van der Waals surface area contributed by atoms with Gasteiger partial charge in [0.2, 0.25) is 0 Å². The number of ether oxygens (including phenoxy) is 1. The highest BCUT2D eigenvalue weighted by atomic mass is 32.2. The highest BCUT2D eigenvalue weighted by Crippen LogP contribution is 2.41. The largest absolute Gasteiger partial charge is 0.443 e. The van der Waals surface area contributed by atoms with E-state index in [4.69, 9.17) is 14.8 Å². The van der Waals surface area contributed by atoms with Gasteiger partial charge >= 0.3 is 6.09 Å². The van der Waals surface area contributed by atoms with Crippen LogP contribution in [0.3, 0.4) is 0 Å². The first kappa shape index (κ1) is 23.2. The summed E-state index contributed by atoms with van der Waals surface area (Å²) in [5.41, 5.74) is 3.00. The van der Waals surface area contributed by atoms with Gasteiger partial charge in [-0.3, -0.25) is 4.90 Å². The minimum absolute atomic E-state index is 0.379. The summed E-state index contributed by atoms with van der Waals surface area (Å²) in [5, 5.41) is 9.85. The van der Waals surface area contributed by atoms with Crippen molar-refractivity contribution in [3.63, 3.8) is 0 Å². The second kappa shape index (κ2) is 9.58. The number of thioether (sulfide) groups is 1. The Morgan fingerprint density at radius 3 is 2.71 bits per heavy atom. The van der Waals surface area contributed by atoms with E-state index >= 15 is 0 Å². The lowest BCUT2D eigenvalue weighted by Crippen LogP contribution is -2.37. The number of fused-ring (bicyclic) bond motifs is 1. The van der Waals surface area contributed by atoms with Gasteiger partial charge in [0.05, 0.1) is 24.1 Å². The van der Waals surface area contributed by atoms with E-state index in [0.29, 0.717) is 23.4 Å². The van der Waals surface area contributed by atoms with Gasteiger partial charge in [0.1, 0.15) is 10.6 Å². The fraction of sp³-hybridized carbons (Fsp3) is 0.500. The predicted octanol–water partition coefficient (Wildman–Crippen LogP) is 5.39. The fourth-order valence-corrected chi connectivity index (χ4v) is 5.42. The van der Waals surface area contributed by atoms with Crippen LogP contribution in [0.5, 0.6) is 0 Å². The smallest absolute Gasteiger partial charge is 0.415 e. The maximum atomic E-state index is 13.5. The molecule has 3 aromatic rings. The van der Waals surface area contributed by atoms with Crippen molar-refractivity contribution in [2.45, 2.75) is 74.8 Å². The normalized spacial score (nSPS) is 18.7. The van der Waals surface area contributed by atoms with Crippen molar-refractivity contribution in [2.75, 3.05) is 18.0 Å². The molecule has 2 fully saturated rings. The molecule has 34 heavy (non-hydrogen) atoms. The number of benzene rings is 1. The predicted molar refractivity (Wildman–Crippen MR) is 136 cm³/mol. The van der Waals surface area contributed by atoms with Crippen LogP contribution in [-0.2, 0) is 11.3 Å². The van der Waals surface area contributed by atoms with Crippen LogP contribution in [0.15, 0.2) is 47.6 Å². The van der Waals surface area contributed by atoms with Crippen molar-refractivity contribution in [1.82, 2.24) is 19.9 Å². The molecule has 1 atom stereocenters. The molecule has 5 rings (SSSR count). The number of rotatable bonds is 6. The first-order valence-corrected chi connectivity index (χ1v) is 13.1. The van der Waals surface area contributed by atoms with Gasteiger partial charge in [-0.05, 0) is 64.6 Å². The van der Waals surface area contributed by atoms with Crippen LogP contribution in [0.25, 0.3) is 5.65 Å². The van der Waals surface area contributed by atoms with Crippen LogP contribution in [-0.4, -0.2) is 44.6 Å². The summed E-state index contributed by atoms with van der Waals surface area (Å²) in [6.45, 7) is 8.13. The third-order valence-corrected chi connectivity index (χ3v) is 7.25. The van der Waals surface area contributed by atoms with Crippen LogP contribution in [0.2, 0.25) is 0 Å². The lowest BCUT2D eigenvalue weighted by atomic mass is 10.2. The number of amides is 1. The third-order valence-electron chi connectivity index (χ3n) is 6.08. The molecule has 1 aromatic carbocycles. The maximum Gasteiger partial charge on any atom is 0.415 e. The molecule has 8 heteroatoms. The van der Waals surface area contributed by atoms with Gasteiger partial charge in [-0.15, -0.1) is 0 Å². The summed E-state index contributed by atoms with van der Waals surface area (Å²) < 4.78 is 7.81. The Morgan fingerprint density at radius 2 is 2.03 bits per heavy atom. The zero-order valence-electron chi connectivity index (χ0n) is 20.2. The van der Waals surface area contributed by atoms with Gasteiger partial charge in [0, 0.05) is 17.7 Å². The molecule has 7 nitrogen and oxygen atoms in total. The minimum atomic E-state index is -0.602. The van der Waals surface area contributed by atoms with Crippen molar-refractivity contribution in [1.29, 1.82) is 0 Å². The zero-order valence-corrected chi connectivity index (χ0v) is 21.0. The van der Waals surface area contributed by atoms with E-state index in [1.54, 1.807) is 16.7 Å². The van der Waals surface area contributed by atoms with Gasteiger partial charge in [-0.25, -0.2) is 14.3 Å². The lowest BCUT2D eigenvalue weighted by Gasteiger charge is -2.28. The van der Waals surface area contributed by atoms with Crippen molar-refractivity contribution >= 4 is 29.2 Å². The average molecular weight is 480 g/mol. The van der Waals surface area contributed by atoms with E-state index in [2.05, 4.69) is 5.32 Å². The molecular weight excluding hydrogens is 446 g/mol. The number of carbonyl (C=O) groups excluding carboxylic acids is 1. The number of piperidine rings is 1. The topological polar surface area (TPSA) is 71.8 Å². The summed E-state index contributed by atoms with van der Waals surface area (Å²) in [6.07, 6.45) is 6.20. The molecule has 3 heterocycles. The number of carbonyl (C=O) groups is 1. The monoisotopic (exact) mass is 479 g/mol. The second-order valence-corrected chi connectivity index (χ2v) is 11.5. The summed E-state index contributed by atoms with van der Waals surface area (Å²) in [6, 6.07) is 12.0. The second-order valence-electron chi connectivity index (χ2n) is 10.2. The SMILES string of the molecule is CC(C)(C)OC(=O)N(Cc1ccccc1)c1cc(SC2CCCNC2)nn2c(C3CC3)cnc12. The summed E-state index contributed by atoms with van der Waals surface area (Å²) in [4.78, 5) is 19.9. The molecule has 1 amide bonds. The van der Waals surface area contributed by atoms with Crippen LogP contribution in [0, 0.1) is 0 Å². The van der Waals surface area contributed by atoms with E-state index in [0.717, 1.165) is 54.3 Å². The van der Waals surface area contributed by atoms with Crippen LogP contribution in [0.4, 0.5) is 10.5 Å². The molecule has 1 saturated carbocycles. The molecule has 0 spiro atoms. The Labute approximate surface area is 205 Å². The summed E-state index contributed by atoms with van der Waals surface area (Å²) in [5.74, 6) is 0.496. The van der Waals surface area contributed by atoms with E-state index in [-0.39, 0.29) is 6.09 Å². The van der Waals surface area contributed by atoms with Gasteiger partial charge in [-0.2, -0.15) is 5.10 Å². The van der Waals surface area contributed by atoms with Gasteiger partial charge in [-0.1, -0.05) is 42.1 Å².